The minimum absolute atomic E-state index is 0.0555. The highest BCUT2D eigenvalue weighted by atomic mass is 32.2. The molecule has 0 saturated carbocycles. The predicted molar refractivity (Wildman–Crippen MR) is 84.8 cm³/mol. The van der Waals surface area contributed by atoms with E-state index in [2.05, 4.69) is 4.98 Å². The van der Waals surface area contributed by atoms with Crippen molar-refractivity contribution in [3.63, 3.8) is 0 Å². The number of hydrogen-bond acceptors (Lipinski definition) is 4. The van der Waals surface area contributed by atoms with Crippen LogP contribution in [0.5, 0.6) is 0 Å². The monoisotopic (exact) mass is 357 g/mol. The standard InChI is InChI=1S/C15H17F2N3O3S/c1-19-12-4-3-10(9-11(12)18-14(19)13(16)17)15(21)20-5-2-7-24(22,23)8-6-20/h3-4,9,13H,2,5-8H2,1H3. The highest BCUT2D eigenvalue weighted by Crippen LogP contribution is 2.24. The lowest BCUT2D eigenvalue weighted by molar-refractivity contribution is 0.0768. The largest absolute Gasteiger partial charge is 0.338 e. The summed E-state index contributed by atoms with van der Waals surface area (Å²) in [5.74, 6) is -0.637. The van der Waals surface area contributed by atoms with Crippen LogP contribution < -0.4 is 0 Å². The first-order chi connectivity index (χ1) is 11.3. The Morgan fingerprint density at radius 2 is 2.00 bits per heavy atom. The van der Waals surface area contributed by atoms with Crippen molar-refractivity contribution in [3.05, 3.63) is 29.6 Å². The second-order valence-corrected chi connectivity index (χ2v) is 8.13. The van der Waals surface area contributed by atoms with Crippen molar-refractivity contribution in [1.29, 1.82) is 0 Å². The Morgan fingerprint density at radius 1 is 1.25 bits per heavy atom. The Hall–Kier alpha value is -2.03. The fourth-order valence-electron chi connectivity index (χ4n) is 2.87. The van der Waals surface area contributed by atoms with E-state index in [0.717, 1.165) is 0 Å². The molecule has 1 fully saturated rings. The normalized spacial score (nSPS) is 18.1. The molecule has 9 heteroatoms. The Morgan fingerprint density at radius 3 is 2.71 bits per heavy atom. The van der Waals surface area contributed by atoms with Crippen molar-refractivity contribution < 1.29 is 22.0 Å². The van der Waals surface area contributed by atoms with Gasteiger partial charge in [0.15, 0.2) is 15.7 Å². The Bertz CT molecular complexity index is 893. The fourth-order valence-corrected chi connectivity index (χ4v) is 4.14. The first kappa shape index (κ1) is 16.8. The van der Waals surface area contributed by atoms with Gasteiger partial charge in [-0.05, 0) is 24.6 Å². The molecule has 0 spiro atoms. The number of carbonyl (C=O) groups is 1. The van der Waals surface area contributed by atoms with Gasteiger partial charge in [-0.1, -0.05) is 0 Å². The minimum Gasteiger partial charge on any atom is -0.338 e. The van der Waals surface area contributed by atoms with E-state index in [4.69, 9.17) is 0 Å². The first-order valence-electron chi connectivity index (χ1n) is 7.53. The van der Waals surface area contributed by atoms with E-state index in [1.807, 2.05) is 0 Å². The van der Waals surface area contributed by atoms with Crippen LogP contribution in [0.3, 0.4) is 0 Å². The number of sulfone groups is 1. The number of rotatable bonds is 2. The molecule has 1 aromatic carbocycles. The van der Waals surface area contributed by atoms with Crippen LogP contribution in [0.1, 0.15) is 29.0 Å². The number of amides is 1. The van der Waals surface area contributed by atoms with Crippen molar-refractivity contribution in [3.8, 4) is 0 Å². The van der Waals surface area contributed by atoms with E-state index in [-0.39, 0.29) is 29.8 Å². The molecule has 0 bridgehead atoms. The van der Waals surface area contributed by atoms with E-state index < -0.39 is 16.3 Å². The van der Waals surface area contributed by atoms with Gasteiger partial charge in [0.05, 0.1) is 22.5 Å². The van der Waals surface area contributed by atoms with Crippen molar-refractivity contribution in [2.24, 2.45) is 7.05 Å². The number of benzene rings is 1. The molecular formula is C15H17F2N3O3S. The second kappa shape index (κ2) is 6.12. The fraction of sp³-hybridized carbons (Fsp3) is 0.467. The van der Waals surface area contributed by atoms with Gasteiger partial charge in [0, 0.05) is 25.7 Å². The minimum atomic E-state index is -3.11. The average Bonchev–Trinajstić information content (AvgIpc) is 2.74. The third-order valence-corrected chi connectivity index (χ3v) is 5.92. The lowest BCUT2D eigenvalue weighted by atomic mass is 10.1. The van der Waals surface area contributed by atoms with Crippen LogP contribution in [0.15, 0.2) is 18.2 Å². The topological polar surface area (TPSA) is 72.3 Å². The molecule has 130 valence electrons. The summed E-state index contributed by atoms with van der Waals surface area (Å²) < 4.78 is 50.4. The number of halogens is 2. The van der Waals surface area contributed by atoms with Crippen LogP contribution >= 0.6 is 0 Å². The molecule has 1 aliphatic rings. The van der Waals surface area contributed by atoms with Crippen molar-refractivity contribution in [2.45, 2.75) is 12.8 Å². The Kier molecular flexibility index (Phi) is 4.29. The third-order valence-electron chi connectivity index (χ3n) is 4.20. The lowest BCUT2D eigenvalue weighted by Gasteiger charge is -2.19. The SMILES string of the molecule is Cn1c(C(F)F)nc2cc(C(=O)N3CCCS(=O)(=O)CC3)ccc21. The van der Waals surface area contributed by atoms with Crippen LogP contribution in [0.4, 0.5) is 8.78 Å². The molecule has 2 aromatic rings. The number of imidazole rings is 1. The number of fused-ring (bicyclic) bond motifs is 1. The molecule has 2 heterocycles. The highest BCUT2D eigenvalue weighted by molar-refractivity contribution is 7.91. The number of alkyl halides is 2. The number of aryl methyl sites for hydroxylation is 1. The van der Waals surface area contributed by atoms with Gasteiger partial charge in [-0.15, -0.1) is 0 Å². The maximum absolute atomic E-state index is 12.9. The molecule has 0 atom stereocenters. The summed E-state index contributed by atoms with van der Waals surface area (Å²) in [7, 11) is -1.61. The molecule has 1 aliphatic heterocycles. The summed E-state index contributed by atoms with van der Waals surface area (Å²) >= 11 is 0. The Labute approximate surface area is 138 Å². The number of aromatic nitrogens is 2. The summed E-state index contributed by atoms with van der Waals surface area (Å²) in [6, 6.07) is 4.61. The second-order valence-electron chi connectivity index (χ2n) is 5.83. The van der Waals surface area contributed by atoms with E-state index in [0.29, 0.717) is 29.6 Å². The molecule has 6 nitrogen and oxygen atoms in total. The maximum Gasteiger partial charge on any atom is 0.295 e. The predicted octanol–water partition coefficient (Wildman–Crippen LogP) is 1.77. The molecule has 1 saturated heterocycles. The quantitative estimate of drug-likeness (QED) is 0.821. The maximum atomic E-state index is 12.9. The highest BCUT2D eigenvalue weighted by Gasteiger charge is 2.24. The molecule has 1 aromatic heterocycles. The smallest absolute Gasteiger partial charge is 0.295 e. The van der Waals surface area contributed by atoms with E-state index in [1.165, 1.54) is 22.6 Å². The van der Waals surface area contributed by atoms with Gasteiger partial charge in [0.25, 0.3) is 12.3 Å². The summed E-state index contributed by atoms with van der Waals surface area (Å²) in [4.78, 5) is 18.0. The number of carbonyl (C=O) groups excluding carboxylic acids is 1. The molecule has 0 aliphatic carbocycles. The van der Waals surface area contributed by atoms with Crippen LogP contribution in [0.25, 0.3) is 11.0 Å². The summed E-state index contributed by atoms with van der Waals surface area (Å²) in [6.07, 6.45) is -2.30. The van der Waals surface area contributed by atoms with Crippen molar-refractivity contribution >= 4 is 26.8 Å². The molecule has 0 N–H and O–H groups in total. The van der Waals surface area contributed by atoms with Crippen LogP contribution in [-0.4, -0.2) is 53.4 Å². The van der Waals surface area contributed by atoms with Gasteiger partial charge >= 0.3 is 0 Å². The van der Waals surface area contributed by atoms with Crippen LogP contribution in [-0.2, 0) is 16.9 Å². The van der Waals surface area contributed by atoms with E-state index in [1.54, 1.807) is 12.1 Å². The zero-order chi connectivity index (χ0) is 17.5. The van der Waals surface area contributed by atoms with Gasteiger partial charge in [-0.2, -0.15) is 0 Å². The van der Waals surface area contributed by atoms with E-state index >= 15 is 0 Å². The zero-order valence-corrected chi connectivity index (χ0v) is 13.9. The number of hydrogen-bond donors (Lipinski definition) is 0. The van der Waals surface area contributed by atoms with Crippen LogP contribution in [0, 0.1) is 0 Å². The molecule has 0 radical (unpaired) electrons. The van der Waals surface area contributed by atoms with Crippen LogP contribution in [0.2, 0.25) is 0 Å². The van der Waals surface area contributed by atoms with Crippen molar-refractivity contribution in [2.75, 3.05) is 24.6 Å². The summed E-state index contributed by atoms with van der Waals surface area (Å²) in [5, 5.41) is 0. The lowest BCUT2D eigenvalue weighted by Crippen LogP contribution is -2.33. The molecular weight excluding hydrogens is 340 g/mol. The molecule has 3 rings (SSSR count). The number of nitrogens with zero attached hydrogens (tertiary/aromatic N) is 3. The van der Waals surface area contributed by atoms with Gasteiger partial charge in [-0.25, -0.2) is 22.2 Å². The van der Waals surface area contributed by atoms with Gasteiger partial charge in [0.2, 0.25) is 0 Å². The third kappa shape index (κ3) is 3.12. The van der Waals surface area contributed by atoms with E-state index in [9.17, 15) is 22.0 Å². The first-order valence-corrected chi connectivity index (χ1v) is 9.35. The van der Waals surface area contributed by atoms with Crippen molar-refractivity contribution in [1.82, 2.24) is 14.5 Å². The van der Waals surface area contributed by atoms with Gasteiger partial charge in [-0.3, -0.25) is 4.79 Å². The average molecular weight is 357 g/mol. The summed E-state index contributed by atoms with van der Waals surface area (Å²) in [5.41, 5.74) is 1.15. The zero-order valence-electron chi connectivity index (χ0n) is 13.1. The van der Waals surface area contributed by atoms with Gasteiger partial charge in [0.1, 0.15) is 0 Å². The Balaban J connectivity index is 1.90. The molecule has 1 amide bonds. The summed E-state index contributed by atoms with van der Waals surface area (Å²) in [6.45, 7) is 0.504. The van der Waals surface area contributed by atoms with Gasteiger partial charge < -0.3 is 9.47 Å². The molecule has 0 unspecified atom stereocenters. The molecule has 24 heavy (non-hydrogen) atoms.